The lowest BCUT2D eigenvalue weighted by Crippen LogP contribution is -2.41. The summed E-state index contributed by atoms with van der Waals surface area (Å²) in [6.07, 6.45) is -15.5. The molecule has 0 unspecified atom stereocenters. The van der Waals surface area contributed by atoms with Gasteiger partial charge in [0.15, 0.2) is 0 Å². The van der Waals surface area contributed by atoms with Crippen molar-refractivity contribution in [3.8, 4) is 0 Å². The highest BCUT2D eigenvalue weighted by molar-refractivity contribution is 4.72. The van der Waals surface area contributed by atoms with E-state index in [0.717, 1.165) is 0 Å². The fourth-order valence-corrected chi connectivity index (χ4v) is 0.186. The highest BCUT2D eigenvalue weighted by atomic mass is 19.4. The normalized spacial score (nSPS) is 14.4. The molecule has 0 bridgehead atoms. The van der Waals surface area contributed by atoms with Crippen molar-refractivity contribution in [1.29, 1.82) is 0 Å². The molecule has 0 atom stereocenters. The van der Waals surface area contributed by atoms with Gasteiger partial charge < -0.3 is 5.11 Å². The van der Waals surface area contributed by atoms with Gasteiger partial charge >= 0.3 is 12.4 Å². The maximum Gasteiger partial charge on any atom is 0.423 e. The van der Waals surface area contributed by atoms with Crippen molar-refractivity contribution in [3.63, 3.8) is 0 Å². The average Bonchev–Trinajstić information content (AvgIpc) is 1.59. The quantitative estimate of drug-likeness (QED) is 0.556. The molecule has 0 aliphatic rings. The van der Waals surface area contributed by atoms with Crippen LogP contribution < -0.4 is 0 Å². The van der Waals surface area contributed by atoms with Crippen LogP contribution in [0.3, 0.4) is 0 Å². The Bertz CT molecular complexity index is 105. The Morgan fingerprint density at radius 3 is 1.10 bits per heavy atom. The number of rotatable bonds is 0. The molecule has 0 aliphatic heterocycles. The third-order valence-electron chi connectivity index (χ3n) is 0.620. The Morgan fingerprint density at radius 1 is 0.900 bits per heavy atom. The van der Waals surface area contributed by atoms with Crippen LogP contribution in [0.5, 0.6) is 0 Å². The zero-order valence-corrected chi connectivity index (χ0v) is 4.29. The molecule has 7 heteroatoms. The van der Waals surface area contributed by atoms with Gasteiger partial charge in [0, 0.05) is 2.85 Å². The molecule has 0 aromatic heterocycles. The molecule has 1 N–H and O–H groups in total. The Balaban J connectivity index is -0.000000405. The minimum Gasteiger partial charge on any atom is -0.377 e. The molecule has 0 saturated heterocycles. The van der Waals surface area contributed by atoms with Gasteiger partial charge in [-0.25, -0.2) is 0 Å². The SMILES string of the molecule is OC(C(F)(F)F)C(F)(F)F.[2HH].[2HH]. The Morgan fingerprint density at radius 2 is 1.10 bits per heavy atom. The van der Waals surface area contributed by atoms with Crippen LogP contribution in [-0.4, -0.2) is 23.6 Å². The molecule has 0 aromatic rings. The summed E-state index contributed by atoms with van der Waals surface area (Å²) >= 11 is 0. The van der Waals surface area contributed by atoms with Gasteiger partial charge in [0.05, 0.1) is 0 Å². The smallest absolute Gasteiger partial charge is 0.377 e. The molecule has 0 fully saturated rings. The Labute approximate surface area is 54.2 Å². The van der Waals surface area contributed by atoms with Crippen molar-refractivity contribution in [3.05, 3.63) is 0 Å². The van der Waals surface area contributed by atoms with Crippen LogP contribution in [0.2, 0.25) is 0 Å². The molecule has 0 rings (SSSR count). The van der Waals surface area contributed by atoms with E-state index < -0.39 is 18.5 Å². The first-order valence-corrected chi connectivity index (χ1v) is 1.97. The zero-order valence-electron chi connectivity index (χ0n) is 4.29. The van der Waals surface area contributed by atoms with Crippen LogP contribution in [0.1, 0.15) is 2.85 Å². The standard InChI is InChI=1S/C3H2F6O.2H2/c4-2(5,6)1(10)3(7,8)9;;/h1,10H;2*1H/i;2*1+1. The van der Waals surface area contributed by atoms with Gasteiger partial charge in [-0.05, 0) is 0 Å². The largest absolute Gasteiger partial charge is 0.423 e. The molecule has 66 valence electrons. The van der Waals surface area contributed by atoms with Crippen LogP contribution in [0.15, 0.2) is 0 Å². The number of alkyl halides is 6. The van der Waals surface area contributed by atoms with Crippen molar-refractivity contribution in [2.45, 2.75) is 18.5 Å². The van der Waals surface area contributed by atoms with E-state index >= 15 is 0 Å². The molecule has 0 amide bonds. The first-order chi connectivity index (χ1) is 4.15. The van der Waals surface area contributed by atoms with Gasteiger partial charge in [-0.3, -0.25) is 0 Å². The number of hydrogen-bond donors (Lipinski definition) is 1. The summed E-state index contributed by atoms with van der Waals surface area (Å²) in [5.74, 6) is 0. The van der Waals surface area contributed by atoms with Gasteiger partial charge in [-0.1, -0.05) is 0 Å². The van der Waals surface area contributed by atoms with Crippen LogP contribution in [-0.2, 0) is 0 Å². The Kier molecular flexibility index (Phi) is 2.19. The number of aliphatic hydroxyl groups is 1. The van der Waals surface area contributed by atoms with Gasteiger partial charge in [-0.15, -0.1) is 0 Å². The lowest BCUT2D eigenvalue weighted by atomic mass is 10.3. The third kappa shape index (κ3) is 2.42. The maximum atomic E-state index is 11.0. The monoisotopic (exact) mass is 174 g/mol. The summed E-state index contributed by atoms with van der Waals surface area (Å²) in [7, 11) is 0. The van der Waals surface area contributed by atoms with E-state index in [-0.39, 0.29) is 2.85 Å². The van der Waals surface area contributed by atoms with Crippen LogP contribution in [0.4, 0.5) is 26.3 Å². The molecule has 0 saturated carbocycles. The number of halogens is 6. The van der Waals surface area contributed by atoms with Crippen molar-refractivity contribution >= 4 is 0 Å². The van der Waals surface area contributed by atoms with Crippen LogP contribution in [0, 0.1) is 0 Å². The lowest BCUT2D eigenvalue weighted by Gasteiger charge is -2.16. The van der Waals surface area contributed by atoms with Crippen molar-refractivity contribution in [2.24, 2.45) is 0 Å². The fourth-order valence-electron chi connectivity index (χ4n) is 0.186. The summed E-state index contributed by atoms with van der Waals surface area (Å²) in [6, 6.07) is 0. The predicted octanol–water partition coefficient (Wildman–Crippen LogP) is 1.96. The van der Waals surface area contributed by atoms with Gasteiger partial charge in [0.2, 0.25) is 6.10 Å². The summed E-state index contributed by atoms with van der Waals surface area (Å²) in [4.78, 5) is 0. The number of aliphatic hydroxyl groups excluding tert-OH is 1. The molecule has 0 spiro atoms. The molecular formula is C3H6F6O. The molecule has 1 nitrogen and oxygen atoms in total. The minimum absolute atomic E-state index is 0. The molecule has 0 aliphatic carbocycles. The summed E-state index contributed by atoms with van der Waals surface area (Å²) in [5.41, 5.74) is 0. The second-order valence-electron chi connectivity index (χ2n) is 1.49. The Hall–Kier alpha value is -0.460. The third-order valence-corrected chi connectivity index (χ3v) is 0.620. The second-order valence-corrected chi connectivity index (χ2v) is 1.49. The van der Waals surface area contributed by atoms with Crippen LogP contribution in [0.25, 0.3) is 0 Å². The molecular weight excluding hydrogens is 166 g/mol. The summed E-state index contributed by atoms with van der Waals surface area (Å²) in [5, 5.41) is 7.47. The highest BCUT2D eigenvalue weighted by Crippen LogP contribution is 2.32. The molecule has 0 heterocycles. The van der Waals surface area contributed by atoms with E-state index in [1.54, 1.807) is 0 Å². The van der Waals surface area contributed by atoms with Crippen LogP contribution >= 0.6 is 0 Å². The van der Waals surface area contributed by atoms with Gasteiger partial charge in [0.25, 0.3) is 0 Å². The van der Waals surface area contributed by atoms with E-state index in [1.165, 1.54) is 0 Å². The zero-order chi connectivity index (χ0) is 8.58. The van der Waals surface area contributed by atoms with E-state index in [4.69, 9.17) is 5.11 Å². The minimum atomic E-state index is -5.63. The summed E-state index contributed by atoms with van der Waals surface area (Å²) in [6.45, 7) is 0. The van der Waals surface area contributed by atoms with E-state index in [1.807, 2.05) is 0 Å². The van der Waals surface area contributed by atoms with E-state index in [9.17, 15) is 26.3 Å². The maximum absolute atomic E-state index is 11.0. The predicted molar refractivity (Wildman–Crippen MR) is 22.3 cm³/mol. The molecule has 0 aromatic carbocycles. The van der Waals surface area contributed by atoms with Gasteiger partial charge in [-0.2, -0.15) is 26.3 Å². The fraction of sp³-hybridized carbons (Fsp3) is 1.00. The first kappa shape index (κ1) is 9.54. The van der Waals surface area contributed by atoms with E-state index in [2.05, 4.69) is 0 Å². The summed E-state index contributed by atoms with van der Waals surface area (Å²) < 4.78 is 65.9. The number of hydrogen-bond acceptors (Lipinski definition) is 1. The van der Waals surface area contributed by atoms with Crippen molar-refractivity contribution < 1.29 is 34.3 Å². The molecule has 0 radical (unpaired) electrons. The van der Waals surface area contributed by atoms with Crippen molar-refractivity contribution in [1.82, 2.24) is 0 Å². The first-order valence-electron chi connectivity index (χ1n) is 1.97. The average molecular weight is 174 g/mol. The van der Waals surface area contributed by atoms with Gasteiger partial charge in [0.1, 0.15) is 0 Å². The molecule has 10 heavy (non-hydrogen) atoms. The van der Waals surface area contributed by atoms with E-state index in [0.29, 0.717) is 0 Å². The lowest BCUT2D eigenvalue weighted by molar-refractivity contribution is -0.308. The second kappa shape index (κ2) is 2.30. The highest BCUT2D eigenvalue weighted by Gasteiger charge is 2.55. The topological polar surface area (TPSA) is 20.2 Å². The van der Waals surface area contributed by atoms with Crippen molar-refractivity contribution in [2.75, 3.05) is 0 Å².